The third-order valence-corrected chi connectivity index (χ3v) is 10.8. The summed E-state index contributed by atoms with van der Waals surface area (Å²) in [7, 11) is 0. The van der Waals surface area contributed by atoms with Crippen LogP contribution < -0.4 is 14.4 Å². The highest BCUT2D eigenvalue weighted by Gasteiger charge is 2.37. The third kappa shape index (κ3) is 5.71. The molecule has 5 nitrogen and oxygen atoms in total. The highest BCUT2D eigenvalue weighted by Crippen LogP contribution is 2.46. The smallest absolute Gasteiger partial charge is 0.292 e. The van der Waals surface area contributed by atoms with E-state index in [0.29, 0.717) is 29.9 Å². The van der Waals surface area contributed by atoms with Gasteiger partial charge in [-0.2, -0.15) is 4.72 Å². The van der Waals surface area contributed by atoms with E-state index in [-0.39, 0.29) is 17.1 Å². The summed E-state index contributed by atoms with van der Waals surface area (Å²) in [5.74, 6) is 2.55. The number of amides is 1. The number of rotatable bonds is 3. The molecule has 39 heavy (non-hydrogen) atoms. The Bertz CT molecular complexity index is 1270. The number of anilines is 1. The Morgan fingerprint density at radius 3 is 2.72 bits per heavy atom. The summed E-state index contributed by atoms with van der Waals surface area (Å²) >= 11 is 4.97. The van der Waals surface area contributed by atoms with E-state index < -0.39 is 11.4 Å². The van der Waals surface area contributed by atoms with Gasteiger partial charge in [0, 0.05) is 36.0 Å². The minimum atomic E-state index is -1.42. The molecule has 2 aliphatic carbocycles. The topological polar surface area (TPSA) is 64.6 Å². The maximum atomic E-state index is 13.2. The normalized spacial score (nSPS) is 30.5. The van der Waals surface area contributed by atoms with Gasteiger partial charge >= 0.3 is 0 Å². The highest BCUT2D eigenvalue weighted by molar-refractivity contribution is 7.90. The van der Waals surface area contributed by atoms with Crippen molar-refractivity contribution in [2.24, 2.45) is 17.8 Å². The molecule has 7 heteroatoms. The van der Waals surface area contributed by atoms with Crippen LogP contribution in [0, 0.1) is 17.8 Å². The van der Waals surface area contributed by atoms with Gasteiger partial charge in [-0.25, -0.2) is 0 Å². The minimum Gasteiger partial charge on any atom is -0.593 e. The maximum Gasteiger partial charge on any atom is 0.292 e. The van der Waals surface area contributed by atoms with Gasteiger partial charge in [-0.05, 0) is 98.2 Å². The van der Waals surface area contributed by atoms with Crippen molar-refractivity contribution < 1.29 is 14.1 Å². The number of hydrogen-bond acceptors (Lipinski definition) is 4. The number of fused-ring (bicyclic) bond motifs is 4. The van der Waals surface area contributed by atoms with Crippen LogP contribution in [0.3, 0.4) is 0 Å². The molecule has 7 rings (SSSR count). The number of halogens is 1. The minimum absolute atomic E-state index is 0.0841. The zero-order valence-corrected chi connectivity index (χ0v) is 24.5. The van der Waals surface area contributed by atoms with E-state index in [1.54, 1.807) is 11.6 Å². The van der Waals surface area contributed by atoms with E-state index in [0.717, 1.165) is 55.2 Å². The Kier molecular flexibility index (Phi) is 7.89. The lowest BCUT2D eigenvalue weighted by Gasteiger charge is -2.43. The Balaban J connectivity index is 1.35. The first-order valence-electron chi connectivity index (χ1n) is 14.6. The number of nitrogens with zero attached hydrogens (tertiary/aromatic N) is 1. The van der Waals surface area contributed by atoms with Gasteiger partial charge in [0.2, 0.25) is 0 Å². The summed E-state index contributed by atoms with van der Waals surface area (Å²) in [6, 6.07) is 11.9. The standard InChI is InChI=1S/C32H39ClN2O3S/c1-3-4-24-15-28(33)8-9-29(24)27-18-35-17-26-6-5-23(26)14-22-12-21(13-22)11-20(2)39(37)34-32(36)25-7-10-31(38-19-27)30(35)16-25/h7-10,12,15-16,20-21,23,26-27H,3-6,11,13-14,17-19H2,1-2H3,(H,34,36). The Labute approximate surface area is 240 Å². The molecule has 2 aromatic rings. The first kappa shape index (κ1) is 27.0. The number of nitrogens with one attached hydrogen (secondary N) is 1. The van der Waals surface area contributed by atoms with Gasteiger partial charge in [0.25, 0.3) is 5.91 Å². The summed E-state index contributed by atoms with van der Waals surface area (Å²) in [5, 5.41) is 0.691. The van der Waals surface area contributed by atoms with Gasteiger partial charge in [0.05, 0.1) is 23.7 Å². The van der Waals surface area contributed by atoms with Crippen LogP contribution in [0.4, 0.5) is 5.69 Å². The number of benzene rings is 2. The second kappa shape index (κ2) is 11.4. The Morgan fingerprint density at radius 1 is 1.13 bits per heavy atom. The molecule has 0 aromatic heterocycles. The molecule has 6 atom stereocenters. The van der Waals surface area contributed by atoms with E-state index in [2.05, 4.69) is 34.8 Å². The zero-order valence-electron chi connectivity index (χ0n) is 23.0. The number of carbonyl (C=O) groups is 1. The fraction of sp³-hybridized carbons (Fsp3) is 0.531. The van der Waals surface area contributed by atoms with Gasteiger partial charge < -0.3 is 14.2 Å². The largest absolute Gasteiger partial charge is 0.593 e. The molecule has 3 aliphatic heterocycles. The van der Waals surface area contributed by atoms with Crippen LogP contribution in [0.2, 0.25) is 5.02 Å². The van der Waals surface area contributed by atoms with Crippen molar-refractivity contribution in [3.63, 3.8) is 0 Å². The number of allylic oxidation sites excluding steroid dienone is 2. The van der Waals surface area contributed by atoms with E-state index in [1.807, 2.05) is 25.1 Å². The lowest BCUT2D eigenvalue weighted by Crippen LogP contribution is -2.41. The zero-order chi connectivity index (χ0) is 27.1. The van der Waals surface area contributed by atoms with Crippen molar-refractivity contribution in [3.05, 3.63) is 69.8 Å². The summed E-state index contributed by atoms with van der Waals surface area (Å²) < 4.78 is 22.2. The number of ether oxygens (including phenoxy) is 1. The van der Waals surface area contributed by atoms with Crippen LogP contribution in [0.5, 0.6) is 5.75 Å². The molecule has 0 saturated heterocycles. The molecule has 1 fully saturated rings. The van der Waals surface area contributed by atoms with Gasteiger partial charge in [-0.15, -0.1) is 0 Å². The van der Waals surface area contributed by atoms with Gasteiger partial charge in [0.15, 0.2) is 0 Å². The Hall–Kier alpha value is -2.15. The van der Waals surface area contributed by atoms with E-state index in [1.165, 1.54) is 30.4 Å². The average Bonchev–Trinajstić information content (AvgIpc) is 3.06. The van der Waals surface area contributed by atoms with Crippen molar-refractivity contribution in [2.45, 2.75) is 70.0 Å². The molecular weight excluding hydrogens is 528 g/mol. The molecule has 4 bridgehead atoms. The van der Waals surface area contributed by atoms with Crippen LogP contribution in [-0.2, 0) is 17.8 Å². The monoisotopic (exact) mass is 566 g/mol. The third-order valence-electron chi connectivity index (χ3n) is 9.25. The molecule has 1 N–H and O–H groups in total. The summed E-state index contributed by atoms with van der Waals surface area (Å²) in [4.78, 5) is 15.7. The van der Waals surface area contributed by atoms with Crippen LogP contribution in [-0.4, -0.2) is 35.4 Å². The van der Waals surface area contributed by atoms with Crippen molar-refractivity contribution in [1.82, 2.24) is 4.72 Å². The first-order valence-corrected chi connectivity index (χ1v) is 16.2. The molecule has 1 amide bonds. The van der Waals surface area contributed by atoms with Crippen LogP contribution in [0.25, 0.3) is 0 Å². The van der Waals surface area contributed by atoms with E-state index in [9.17, 15) is 9.35 Å². The van der Waals surface area contributed by atoms with Gasteiger partial charge in [0.1, 0.15) is 11.0 Å². The summed E-state index contributed by atoms with van der Waals surface area (Å²) in [6.45, 7) is 6.54. The number of hydrogen-bond donors (Lipinski definition) is 1. The SMILES string of the molecule is CCCc1cc(Cl)ccc1C1COc2ccc3cc2N(C1)CC1CCC1CC1=CC(C1)CC(C)[S+]([O-])NC3=O. The Morgan fingerprint density at radius 2 is 1.95 bits per heavy atom. The maximum absolute atomic E-state index is 13.2. The van der Waals surface area contributed by atoms with Gasteiger partial charge in [-0.1, -0.05) is 42.7 Å². The summed E-state index contributed by atoms with van der Waals surface area (Å²) in [6.07, 6.45) is 10.1. The van der Waals surface area contributed by atoms with Crippen LogP contribution >= 0.6 is 11.6 Å². The van der Waals surface area contributed by atoms with Crippen molar-refractivity contribution >= 4 is 34.6 Å². The highest BCUT2D eigenvalue weighted by atomic mass is 35.5. The molecule has 1 saturated carbocycles. The number of carbonyl (C=O) groups excluding carboxylic acids is 1. The van der Waals surface area contributed by atoms with Crippen molar-refractivity contribution in [1.29, 1.82) is 0 Å². The quantitative estimate of drug-likeness (QED) is 0.327. The molecule has 3 heterocycles. The van der Waals surface area contributed by atoms with E-state index >= 15 is 0 Å². The van der Waals surface area contributed by atoms with Crippen molar-refractivity contribution in [3.8, 4) is 5.75 Å². The second-order valence-electron chi connectivity index (χ2n) is 12.1. The summed E-state index contributed by atoms with van der Waals surface area (Å²) in [5.41, 5.74) is 5.66. The van der Waals surface area contributed by atoms with Gasteiger partial charge in [-0.3, -0.25) is 4.79 Å². The fourth-order valence-electron chi connectivity index (χ4n) is 6.93. The molecular formula is C32H39ClN2O3S. The van der Waals surface area contributed by atoms with Crippen LogP contribution in [0.1, 0.15) is 79.8 Å². The molecule has 208 valence electrons. The van der Waals surface area contributed by atoms with Crippen molar-refractivity contribution in [2.75, 3.05) is 24.6 Å². The van der Waals surface area contributed by atoms with E-state index in [4.69, 9.17) is 16.3 Å². The molecule has 2 aromatic carbocycles. The lowest BCUT2D eigenvalue weighted by atomic mass is 9.67. The second-order valence-corrected chi connectivity index (χ2v) is 14.1. The average molecular weight is 567 g/mol. The fourth-order valence-corrected chi connectivity index (χ4v) is 8.04. The number of aryl methyl sites for hydroxylation is 1. The predicted octanol–water partition coefficient (Wildman–Crippen LogP) is 6.82. The molecule has 5 aliphatic rings. The molecule has 6 unspecified atom stereocenters. The first-order chi connectivity index (χ1) is 18.9. The predicted molar refractivity (Wildman–Crippen MR) is 159 cm³/mol. The molecule has 0 radical (unpaired) electrons. The lowest BCUT2D eigenvalue weighted by molar-refractivity contribution is 0.0980. The molecule has 0 spiro atoms. The van der Waals surface area contributed by atoms with Crippen LogP contribution in [0.15, 0.2) is 48.0 Å².